The predicted molar refractivity (Wildman–Crippen MR) is 165 cm³/mol. The van der Waals surface area contributed by atoms with Gasteiger partial charge in [-0.2, -0.15) is 0 Å². The maximum Gasteiger partial charge on any atom is 0.383 e. The lowest BCUT2D eigenvalue weighted by Crippen LogP contribution is -2.35. The Morgan fingerprint density at radius 1 is 1.04 bits per heavy atom. The molecule has 4 aromatic heterocycles. The second-order valence-electron chi connectivity index (χ2n) is 11.0. The highest BCUT2D eigenvalue weighted by Crippen LogP contribution is 2.65. The van der Waals surface area contributed by atoms with Crippen LogP contribution in [0.15, 0.2) is 38.0 Å². The lowest BCUT2D eigenvalue weighted by molar-refractivity contribution is -0.0581. The molecular formula is C23H26F2N10O8P2S2. The number of hydrogen-bond acceptors (Lipinski definition) is 15. The van der Waals surface area contributed by atoms with Crippen molar-refractivity contribution in [3.05, 3.63) is 38.0 Å². The largest absolute Gasteiger partial charge is 0.383 e. The number of alkyl halides is 2. The van der Waals surface area contributed by atoms with Gasteiger partial charge in [0.05, 0.1) is 25.2 Å². The van der Waals surface area contributed by atoms with Crippen LogP contribution in [0.25, 0.3) is 22.3 Å². The number of rotatable bonds is 10. The summed E-state index contributed by atoms with van der Waals surface area (Å²) in [7, 11) is 0. The summed E-state index contributed by atoms with van der Waals surface area (Å²) in [6.45, 7) is -5.65. The molecule has 6 N–H and O–H groups in total. The maximum atomic E-state index is 16.3. The summed E-state index contributed by atoms with van der Waals surface area (Å²) >= 11 is 8.74. The van der Waals surface area contributed by atoms with Crippen molar-refractivity contribution in [1.29, 1.82) is 0 Å². The van der Waals surface area contributed by atoms with Gasteiger partial charge in [0.2, 0.25) is 0 Å². The lowest BCUT2D eigenvalue weighted by Gasteiger charge is -2.26. The Kier molecular flexibility index (Phi) is 8.16. The molecule has 0 aromatic carbocycles. The fourth-order valence-corrected chi connectivity index (χ4v) is 8.28. The highest BCUT2D eigenvalue weighted by Gasteiger charge is 2.73. The van der Waals surface area contributed by atoms with Crippen molar-refractivity contribution in [3.8, 4) is 0 Å². The van der Waals surface area contributed by atoms with Gasteiger partial charge in [0.15, 0.2) is 35.3 Å². The molecule has 3 aliphatic rings. The number of hydrogen-bond donors (Lipinski definition) is 5. The molecule has 7 rings (SSSR count). The minimum atomic E-state index is -4.38. The third-order valence-electron chi connectivity index (χ3n) is 8.15. The van der Waals surface area contributed by atoms with Crippen LogP contribution in [0.5, 0.6) is 0 Å². The molecule has 3 fully saturated rings. The van der Waals surface area contributed by atoms with Crippen LogP contribution < -0.4 is 11.5 Å². The van der Waals surface area contributed by atoms with Gasteiger partial charge in [0.25, 0.3) is 0 Å². The van der Waals surface area contributed by atoms with E-state index < -0.39 is 74.8 Å². The fourth-order valence-electron chi connectivity index (χ4n) is 5.91. The summed E-state index contributed by atoms with van der Waals surface area (Å²) in [5.41, 5.74) is 10.9. The van der Waals surface area contributed by atoms with Gasteiger partial charge in [-0.25, -0.2) is 43.2 Å². The molecule has 11 atom stereocenters. The van der Waals surface area contributed by atoms with Crippen molar-refractivity contribution in [2.75, 3.05) is 18.1 Å². The number of imidazole rings is 2. The van der Waals surface area contributed by atoms with Crippen LogP contribution in [0.3, 0.4) is 0 Å². The summed E-state index contributed by atoms with van der Waals surface area (Å²) in [5.74, 6) is -0.746. The van der Waals surface area contributed by atoms with Gasteiger partial charge < -0.3 is 35.3 Å². The minimum absolute atomic E-state index is 0.0349. The molecule has 1 spiro atoms. The molecule has 1 aliphatic carbocycles. The van der Waals surface area contributed by atoms with Crippen molar-refractivity contribution in [2.45, 2.75) is 55.1 Å². The fraction of sp³-hybridized carbons (Fsp3) is 0.478. The van der Waals surface area contributed by atoms with E-state index in [9.17, 15) is 14.4 Å². The SMILES string of the molecule is C=C[C@@H]1[C@H](F)[C@@H](COP(O)(=S)O[C@H]2[C@@H](F)[C@H](n3cnc4c(N)ncnc43)OC23C[C@H]3OP(=O)(O)S)O[C@H]1n1cnc2c(N)ncnc21. The maximum absolute atomic E-state index is 16.3. The van der Waals surface area contributed by atoms with Gasteiger partial charge in [-0.1, -0.05) is 18.3 Å². The first-order valence-corrected chi connectivity index (χ1v) is 19.0. The number of anilines is 2. The highest BCUT2D eigenvalue weighted by molar-refractivity contribution is 8.44. The molecule has 6 heterocycles. The van der Waals surface area contributed by atoms with Crippen LogP contribution in [-0.2, 0) is 39.4 Å². The molecule has 4 aromatic rings. The summed E-state index contributed by atoms with van der Waals surface area (Å²) in [6.07, 6.45) is -4.19. The molecular weight excluding hydrogens is 708 g/mol. The van der Waals surface area contributed by atoms with E-state index in [1.54, 1.807) is 0 Å². The van der Waals surface area contributed by atoms with Gasteiger partial charge in [0, 0.05) is 6.42 Å². The van der Waals surface area contributed by atoms with E-state index in [0.717, 1.165) is 6.33 Å². The lowest BCUT2D eigenvalue weighted by atomic mass is 10.0. The summed E-state index contributed by atoms with van der Waals surface area (Å²) < 4.78 is 74.7. The summed E-state index contributed by atoms with van der Waals surface area (Å²) in [5, 5.41) is 0. The van der Waals surface area contributed by atoms with E-state index >= 15 is 8.78 Å². The number of thiol groups is 1. The Balaban J connectivity index is 1.10. The number of ether oxygens (including phenoxy) is 2. The molecule has 3 unspecified atom stereocenters. The number of halogens is 2. The van der Waals surface area contributed by atoms with Gasteiger partial charge in [-0.15, -0.1) is 6.58 Å². The molecule has 0 bridgehead atoms. The third kappa shape index (κ3) is 5.74. The standard InChI is InChI=1S/C23H26F2N10O8P2S2/c1-2-9-12(24)10(40-21(9)34-7-32-14-17(26)28-5-30-19(14)34)4-39-45(38,47)43-16-13(25)22(41-23(16)3-11(23)42-44(36,37)46)35-8-33-15-18(27)29-6-31-20(15)35/h2,5-13,16,21-22H,1,3-4H2,(H,38,47)(H2,26,28,30)(H2,27,29,31)(H2,36,37,46)/t9-,10-,11-,12+,13-,16+,21-,22-,23?,45?/m1/s1. The average molecular weight is 735 g/mol. The number of aromatic nitrogens is 8. The molecule has 2 aliphatic heterocycles. The number of nitrogens with two attached hydrogens (primary N) is 2. The van der Waals surface area contributed by atoms with Crippen LogP contribution in [0.4, 0.5) is 20.4 Å². The Morgan fingerprint density at radius 2 is 1.64 bits per heavy atom. The zero-order valence-corrected chi connectivity index (χ0v) is 27.2. The zero-order valence-electron chi connectivity index (χ0n) is 23.7. The minimum Gasteiger partial charge on any atom is -0.382 e. The van der Waals surface area contributed by atoms with Gasteiger partial charge >= 0.3 is 13.5 Å². The van der Waals surface area contributed by atoms with Crippen molar-refractivity contribution in [2.24, 2.45) is 5.92 Å². The highest BCUT2D eigenvalue weighted by atomic mass is 32.7. The van der Waals surface area contributed by atoms with Gasteiger partial charge in [0.1, 0.15) is 60.0 Å². The van der Waals surface area contributed by atoms with Crippen LogP contribution in [-0.4, -0.2) is 91.7 Å². The van der Waals surface area contributed by atoms with Crippen molar-refractivity contribution in [3.63, 3.8) is 0 Å². The van der Waals surface area contributed by atoms with Crippen LogP contribution >= 0.6 is 25.8 Å². The van der Waals surface area contributed by atoms with E-state index in [2.05, 4.69) is 48.7 Å². The second kappa shape index (κ2) is 11.7. The first kappa shape index (κ1) is 32.8. The Hall–Kier alpha value is -2.75. The van der Waals surface area contributed by atoms with Crippen molar-refractivity contribution < 1.29 is 46.2 Å². The van der Waals surface area contributed by atoms with E-state index in [-0.39, 0.29) is 34.7 Å². The predicted octanol–water partition coefficient (Wildman–Crippen LogP) is 1.91. The van der Waals surface area contributed by atoms with Crippen LogP contribution in [0, 0.1) is 5.92 Å². The Morgan fingerprint density at radius 3 is 2.21 bits per heavy atom. The second-order valence-corrected chi connectivity index (χ2v) is 16.5. The first-order valence-electron chi connectivity index (χ1n) is 13.7. The third-order valence-corrected chi connectivity index (χ3v) is 10.5. The Bertz CT molecular complexity index is 1970. The molecule has 18 nitrogen and oxygen atoms in total. The molecule has 47 heavy (non-hydrogen) atoms. The van der Waals surface area contributed by atoms with Crippen LogP contribution in [0.1, 0.15) is 18.9 Å². The number of nitrogen functional groups attached to an aromatic ring is 2. The van der Waals surface area contributed by atoms with Gasteiger partial charge in [-0.05, 0) is 11.8 Å². The van der Waals surface area contributed by atoms with E-state index in [4.69, 9.17) is 46.3 Å². The van der Waals surface area contributed by atoms with E-state index in [1.165, 1.54) is 34.2 Å². The monoisotopic (exact) mass is 734 g/mol. The number of fused-ring (bicyclic) bond motifs is 2. The molecule has 24 heteroatoms. The van der Waals surface area contributed by atoms with Gasteiger partial charge in [-0.3, -0.25) is 18.2 Å². The molecule has 0 amide bonds. The Labute approximate surface area is 273 Å². The van der Waals surface area contributed by atoms with E-state index in [1.807, 2.05) is 0 Å². The average Bonchev–Trinajstić information content (AvgIpc) is 3.40. The topological polar surface area (TPSA) is 243 Å². The smallest absolute Gasteiger partial charge is 0.382 e. The molecule has 1 saturated carbocycles. The van der Waals surface area contributed by atoms with Crippen molar-refractivity contribution in [1.82, 2.24) is 39.0 Å². The first-order chi connectivity index (χ1) is 22.2. The quantitative estimate of drug-likeness (QED) is 0.0888. The van der Waals surface area contributed by atoms with Crippen molar-refractivity contribution >= 4 is 71.5 Å². The molecule has 0 radical (unpaired) electrons. The zero-order chi connectivity index (χ0) is 33.5. The molecule has 252 valence electrons. The van der Waals surface area contributed by atoms with Crippen LogP contribution in [0.2, 0.25) is 0 Å². The van der Waals surface area contributed by atoms with E-state index in [0.29, 0.717) is 5.65 Å². The molecule has 2 saturated heterocycles. The summed E-state index contributed by atoms with van der Waals surface area (Å²) in [4.78, 5) is 45.1. The number of nitrogens with zero attached hydrogens (tertiary/aromatic N) is 8. The normalized spacial score (nSPS) is 34.6. The summed E-state index contributed by atoms with van der Waals surface area (Å²) in [6, 6.07) is 0.